The maximum Gasteiger partial charge on any atom is 0.309 e. The van der Waals surface area contributed by atoms with Crippen LogP contribution < -0.4 is 5.32 Å². The molecule has 108 valence electrons. The highest BCUT2D eigenvalue weighted by molar-refractivity contribution is 5.92. The third-order valence-electron chi connectivity index (χ3n) is 3.81. The SMILES string of the molecule is CC1CCC(C(=O)Nc2ccc(CC(=O)O)nc2)CC1. The summed E-state index contributed by atoms with van der Waals surface area (Å²) in [5, 5.41) is 11.5. The fourth-order valence-electron chi connectivity index (χ4n) is 2.52. The highest BCUT2D eigenvalue weighted by Gasteiger charge is 2.24. The zero-order valence-corrected chi connectivity index (χ0v) is 11.6. The van der Waals surface area contributed by atoms with Gasteiger partial charge in [-0.25, -0.2) is 0 Å². The number of hydrogen-bond acceptors (Lipinski definition) is 3. The van der Waals surface area contributed by atoms with Gasteiger partial charge in [-0.1, -0.05) is 6.92 Å². The first-order chi connectivity index (χ1) is 9.54. The van der Waals surface area contributed by atoms with Gasteiger partial charge in [0.15, 0.2) is 0 Å². The molecule has 20 heavy (non-hydrogen) atoms. The number of rotatable bonds is 4. The second kappa shape index (κ2) is 6.50. The van der Waals surface area contributed by atoms with Gasteiger partial charge in [-0.05, 0) is 43.7 Å². The number of nitrogens with one attached hydrogen (secondary N) is 1. The Morgan fingerprint density at radius 1 is 1.30 bits per heavy atom. The van der Waals surface area contributed by atoms with Crippen molar-refractivity contribution < 1.29 is 14.7 Å². The topological polar surface area (TPSA) is 79.3 Å². The smallest absolute Gasteiger partial charge is 0.309 e. The summed E-state index contributed by atoms with van der Waals surface area (Å²) in [4.78, 5) is 26.7. The molecule has 0 unspecified atom stereocenters. The van der Waals surface area contributed by atoms with Crippen molar-refractivity contribution in [2.24, 2.45) is 11.8 Å². The van der Waals surface area contributed by atoms with E-state index in [1.54, 1.807) is 12.1 Å². The molecule has 1 aliphatic rings. The molecule has 0 aromatic carbocycles. The Bertz CT molecular complexity index is 476. The molecule has 2 N–H and O–H groups in total. The Morgan fingerprint density at radius 3 is 2.55 bits per heavy atom. The maximum absolute atomic E-state index is 12.1. The highest BCUT2D eigenvalue weighted by atomic mass is 16.4. The number of amides is 1. The van der Waals surface area contributed by atoms with E-state index in [9.17, 15) is 9.59 Å². The van der Waals surface area contributed by atoms with Crippen LogP contribution >= 0.6 is 0 Å². The van der Waals surface area contributed by atoms with E-state index in [-0.39, 0.29) is 18.2 Å². The molecule has 1 amide bonds. The molecule has 1 aromatic heterocycles. The Balaban J connectivity index is 1.89. The molecule has 1 fully saturated rings. The second-order valence-corrected chi connectivity index (χ2v) is 5.55. The lowest BCUT2D eigenvalue weighted by Crippen LogP contribution is -2.26. The van der Waals surface area contributed by atoms with E-state index in [4.69, 9.17) is 5.11 Å². The second-order valence-electron chi connectivity index (χ2n) is 5.55. The zero-order valence-electron chi connectivity index (χ0n) is 11.6. The van der Waals surface area contributed by atoms with Crippen molar-refractivity contribution in [3.05, 3.63) is 24.0 Å². The predicted octanol–water partition coefficient (Wildman–Crippen LogP) is 2.47. The summed E-state index contributed by atoms with van der Waals surface area (Å²) >= 11 is 0. The van der Waals surface area contributed by atoms with Gasteiger partial charge in [-0.2, -0.15) is 0 Å². The summed E-state index contributed by atoms with van der Waals surface area (Å²) in [5.74, 6) is -0.0591. The van der Waals surface area contributed by atoms with Gasteiger partial charge in [-0.3, -0.25) is 14.6 Å². The first-order valence-electron chi connectivity index (χ1n) is 7.02. The number of carbonyl (C=O) groups is 2. The van der Waals surface area contributed by atoms with E-state index in [2.05, 4.69) is 17.2 Å². The van der Waals surface area contributed by atoms with E-state index >= 15 is 0 Å². The minimum atomic E-state index is -0.911. The van der Waals surface area contributed by atoms with Gasteiger partial charge in [-0.15, -0.1) is 0 Å². The summed E-state index contributed by atoms with van der Waals surface area (Å²) in [7, 11) is 0. The summed E-state index contributed by atoms with van der Waals surface area (Å²) < 4.78 is 0. The van der Waals surface area contributed by atoms with Crippen LogP contribution in [0.1, 0.15) is 38.3 Å². The van der Waals surface area contributed by atoms with Crippen LogP contribution in [0, 0.1) is 11.8 Å². The molecule has 0 aliphatic heterocycles. The number of carboxylic acids is 1. The molecule has 5 nitrogen and oxygen atoms in total. The first kappa shape index (κ1) is 14.5. The van der Waals surface area contributed by atoms with Gasteiger partial charge < -0.3 is 10.4 Å². The standard InChI is InChI=1S/C15H20N2O3/c1-10-2-4-11(5-3-10)15(20)17-13-7-6-12(16-9-13)8-14(18)19/h6-7,9-11H,2-5,8H2,1H3,(H,17,20)(H,18,19). The van der Waals surface area contributed by atoms with Crippen molar-refractivity contribution in [2.75, 3.05) is 5.32 Å². The fraction of sp³-hybridized carbons (Fsp3) is 0.533. The quantitative estimate of drug-likeness (QED) is 0.885. The lowest BCUT2D eigenvalue weighted by atomic mass is 9.82. The van der Waals surface area contributed by atoms with Crippen molar-refractivity contribution in [1.29, 1.82) is 0 Å². The molecule has 0 radical (unpaired) electrons. The van der Waals surface area contributed by atoms with Crippen LogP contribution in [-0.2, 0) is 16.0 Å². The lowest BCUT2D eigenvalue weighted by molar-refractivity contribution is -0.136. The van der Waals surface area contributed by atoms with E-state index < -0.39 is 5.97 Å². The maximum atomic E-state index is 12.1. The summed E-state index contributed by atoms with van der Waals surface area (Å²) in [6, 6.07) is 3.33. The number of pyridine rings is 1. The summed E-state index contributed by atoms with van der Waals surface area (Å²) in [6.07, 6.45) is 5.51. The molecule has 1 heterocycles. The highest BCUT2D eigenvalue weighted by Crippen LogP contribution is 2.29. The van der Waals surface area contributed by atoms with Gasteiger partial charge in [0.25, 0.3) is 0 Å². The monoisotopic (exact) mass is 276 g/mol. The first-order valence-corrected chi connectivity index (χ1v) is 7.02. The Morgan fingerprint density at radius 2 is 2.00 bits per heavy atom. The van der Waals surface area contributed by atoms with Crippen molar-refractivity contribution in [1.82, 2.24) is 4.98 Å². The Kier molecular flexibility index (Phi) is 4.71. The molecule has 0 atom stereocenters. The number of aromatic nitrogens is 1. The van der Waals surface area contributed by atoms with Crippen LogP contribution in [0.3, 0.4) is 0 Å². The number of anilines is 1. The summed E-state index contributed by atoms with van der Waals surface area (Å²) in [5.41, 5.74) is 1.12. The molecule has 1 aliphatic carbocycles. The normalized spacial score (nSPS) is 22.2. The number of carbonyl (C=O) groups excluding carboxylic acids is 1. The predicted molar refractivity (Wildman–Crippen MR) is 75.3 cm³/mol. The van der Waals surface area contributed by atoms with Crippen molar-refractivity contribution >= 4 is 17.6 Å². The van der Waals surface area contributed by atoms with E-state index in [1.807, 2.05) is 0 Å². The van der Waals surface area contributed by atoms with Crippen LogP contribution in [0.2, 0.25) is 0 Å². The number of hydrogen-bond donors (Lipinski definition) is 2. The molecular weight excluding hydrogens is 256 g/mol. The lowest BCUT2D eigenvalue weighted by Gasteiger charge is -2.25. The van der Waals surface area contributed by atoms with Crippen LogP contribution in [0.15, 0.2) is 18.3 Å². The van der Waals surface area contributed by atoms with Crippen molar-refractivity contribution in [2.45, 2.75) is 39.0 Å². The number of carboxylic acid groups (broad SMARTS) is 1. The van der Waals surface area contributed by atoms with Crippen LogP contribution in [-0.4, -0.2) is 22.0 Å². The van der Waals surface area contributed by atoms with Gasteiger partial charge in [0, 0.05) is 5.92 Å². The average molecular weight is 276 g/mol. The van der Waals surface area contributed by atoms with Crippen molar-refractivity contribution in [3.63, 3.8) is 0 Å². The zero-order chi connectivity index (χ0) is 14.5. The molecule has 0 spiro atoms. The van der Waals surface area contributed by atoms with Crippen LogP contribution in [0.5, 0.6) is 0 Å². The van der Waals surface area contributed by atoms with Gasteiger partial charge in [0.05, 0.1) is 24.0 Å². The third-order valence-corrected chi connectivity index (χ3v) is 3.81. The van der Waals surface area contributed by atoms with Gasteiger partial charge in [0.1, 0.15) is 0 Å². The van der Waals surface area contributed by atoms with Crippen LogP contribution in [0.25, 0.3) is 0 Å². The van der Waals surface area contributed by atoms with E-state index in [0.717, 1.165) is 31.6 Å². The van der Waals surface area contributed by atoms with Crippen LogP contribution in [0.4, 0.5) is 5.69 Å². The average Bonchev–Trinajstić information content (AvgIpc) is 2.41. The fourth-order valence-corrected chi connectivity index (χ4v) is 2.52. The van der Waals surface area contributed by atoms with E-state index in [1.165, 1.54) is 6.20 Å². The Labute approximate surface area is 118 Å². The minimum absolute atomic E-state index is 0.0460. The summed E-state index contributed by atoms with van der Waals surface area (Å²) in [6.45, 7) is 2.22. The minimum Gasteiger partial charge on any atom is -0.481 e. The molecule has 0 saturated heterocycles. The van der Waals surface area contributed by atoms with Gasteiger partial charge in [0.2, 0.25) is 5.91 Å². The van der Waals surface area contributed by atoms with E-state index in [0.29, 0.717) is 11.4 Å². The molecular formula is C15H20N2O3. The number of aliphatic carboxylic acids is 1. The molecule has 1 aromatic rings. The molecule has 0 bridgehead atoms. The Hall–Kier alpha value is -1.91. The third kappa shape index (κ3) is 4.05. The largest absolute Gasteiger partial charge is 0.481 e. The van der Waals surface area contributed by atoms with Gasteiger partial charge >= 0.3 is 5.97 Å². The molecule has 2 rings (SSSR count). The molecule has 5 heteroatoms. The molecule has 1 saturated carbocycles. The van der Waals surface area contributed by atoms with Crippen molar-refractivity contribution in [3.8, 4) is 0 Å². The number of nitrogens with zero attached hydrogens (tertiary/aromatic N) is 1.